The maximum atomic E-state index is 10.0. The van der Waals surface area contributed by atoms with Crippen molar-refractivity contribution in [2.75, 3.05) is 93.3 Å². The molecule has 0 aromatic carbocycles. The van der Waals surface area contributed by atoms with Gasteiger partial charge in [-0.15, -0.1) is 0 Å². The van der Waals surface area contributed by atoms with Crippen molar-refractivity contribution < 1.29 is 38.1 Å². The van der Waals surface area contributed by atoms with Crippen molar-refractivity contribution >= 4 is 5.97 Å². The Balaban J connectivity index is 0.000000531. The van der Waals surface area contributed by atoms with Gasteiger partial charge in [-0.05, 0) is 6.42 Å². The molecule has 1 heterocycles. The molecule has 0 unspecified atom stereocenters. The first kappa shape index (κ1) is 25.2. The van der Waals surface area contributed by atoms with E-state index in [1.165, 1.54) is 30.5 Å². The molecule has 8 heteroatoms. The van der Waals surface area contributed by atoms with Crippen LogP contribution in [0, 0.1) is 0 Å². The van der Waals surface area contributed by atoms with Gasteiger partial charge in [0, 0.05) is 19.5 Å². The first-order chi connectivity index (χ1) is 12.5. The van der Waals surface area contributed by atoms with Crippen molar-refractivity contribution in [3.05, 3.63) is 0 Å². The van der Waals surface area contributed by atoms with Gasteiger partial charge in [0.25, 0.3) is 0 Å². The van der Waals surface area contributed by atoms with Crippen LogP contribution in [0.1, 0.15) is 19.8 Å². The summed E-state index contributed by atoms with van der Waals surface area (Å²) in [7, 11) is 3.94. The van der Waals surface area contributed by atoms with Crippen LogP contribution < -0.4 is 5.11 Å². The molecule has 0 spiro atoms. The second-order valence-corrected chi connectivity index (χ2v) is 6.35. The average Bonchev–Trinajstić information content (AvgIpc) is 2.60. The molecule has 0 N–H and O–H groups in total. The first-order valence-corrected chi connectivity index (χ1v) is 9.37. The van der Waals surface area contributed by atoms with Crippen molar-refractivity contribution in [1.29, 1.82) is 0 Å². The normalized spacial score (nSPS) is 16.0. The molecule has 0 aliphatic carbocycles. The highest BCUT2D eigenvalue weighted by Crippen LogP contribution is 2.07. The lowest BCUT2D eigenvalue weighted by Gasteiger charge is -2.37. The summed E-state index contributed by atoms with van der Waals surface area (Å²) in [5.41, 5.74) is 0. The third kappa shape index (κ3) is 16.7. The number of aliphatic carboxylic acids is 1. The molecule has 8 nitrogen and oxygen atoms in total. The van der Waals surface area contributed by atoms with Gasteiger partial charge in [0.15, 0.2) is 0 Å². The van der Waals surface area contributed by atoms with E-state index < -0.39 is 5.97 Å². The molecule has 26 heavy (non-hydrogen) atoms. The van der Waals surface area contributed by atoms with Crippen LogP contribution in [0.3, 0.4) is 0 Å². The van der Waals surface area contributed by atoms with Gasteiger partial charge in [-0.2, -0.15) is 0 Å². The van der Waals surface area contributed by atoms with Crippen LogP contribution in [0.4, 0.5) is 0 Å². The maximum Gasteiger partial charge on any atom is 0.102 e. The summed E-state index contributed by atoms with van der Waals surface area (Å²) in [6, 6.07) is 0. The number of nitrogens with zero attached hydrogens (tertiary/aromatic N) is 1. The average molecular weight is 379 g/mol. The summed E-state index contributed by atoms with van der Waals surface area (Å²) in [6.45, 7) is 11.0. The summed E-state index contributed by atoms with van der Waals surface area (Å²) in [4.78, 5) is 10.0. The van der Waals surface area contributed by atoms with Crippen LogP contribution in [0.25, 0.3) is 0 Å². The number of carbonyl (C=O) groups is 1. The minimum Gasteiger partial charge on any atom is -0.550 e. The Hall–Kier alpha value is -0.770. The number of rotatable bonds is 14. The number of carboxylic acids is 1. The van der Waals surface area contributed by atoms with E-state index in [1.807, 2.05) is 0 Å². The van der Waals surface area contributed by atoms with E-state index in [9.17, 15) is 9.90 Å². The van der Waals surface area contributed by atoms with E-state index in [0.717, 1.165) is 13.2 Å². The van der Waals surface area contributed by atoms with E-state index in [4.69, 9.17) is 23.7 Å². The SMILES string of the molecule is CCC[N+]1(C)CCOCC1.COCCOCCOCCOCCC(=O)[O-]. The molecule has 156 valence electrons. The Labute approximate surface area is 157 Å². The standard InChI is InChI=1S/C10H20O6.C8H18NO/c1-13-4-5-15-8-9-16-7-6-14-3-2-10(11)12;1-3-4-9(2)5-7-10-8-6-9/h2-9H2,1H3,(H,11,12);3-8H2,1-2H3/q;+1/p-1. The molecule has 0 bridgehead atoms. The minimum atomic E-state index is -1.10. The topological polar surface area (TPSA) is 86.3 Å². The van der Waals surface area contributed by atoms with Crippen molar-refractivity contribution in [1.82, 2.24) is 0 Å². The first-order valence-electron chi connectivity index (χ1n) is 9.37. The predicted molar refractivity (Wildman–Crippen MR) is 95.9 cm³/mol. The Morgan fingerprint density at radius 3 is 1.92 bits per heavy atom. The molecule has 1 rings (SSSR count). The smallest absolute Gasteiger partial charge is 0.102 e. The molecule has 1 aliphatic heterocycles. The molecule has 1 saturated heterocycles. The zero-order chi connectivity index (χ0) is 19.5. The number of quaternary nitrogens is 1. The molecule has 0 saturated carbocycles. The van der Waals surface area contributed by atoms with Crippen LogP contribution in [-0.2, 0) is 28.5 Å². The number of morpholine rings is 1. The van der Waals surface area contributed by atoms with E-state index in [2.05, 4.69) is 14.0 Å². The van der Waals surface area contributed by atoms with E-state index in [-0.39, 0.29) is 13.0 Å². The van der Waals surface area contributed by atoms with E-state index >= 15 is 0 Å². The molecular weight excluding hydrogens is 342 g/mol. The summed E-state index contributed by atoms with van der Waals surface area (Å²) >= 11 is 0. The Morgan fingerprint density at radius 1 is 0.962 bits per heavy atom. The molecule has 1 aliphatic rings. The fourth-order valence-electron chi connectivity index (χ4n) is 2.39. The van der Waals surface area contributed by atoms with Gasteiger partial charge >= 0.3 is 0 Å². The van der Waals surface area contributed by atoms with Gasteiger partial charge in [0.1, 0.15) is 13.1 Å². The summed E-state index contributed by atoms with van der Waals surface area (Å²) in [5, 5.41) is 10.0. The van der Waals surface area contributed by atoms with Crippen molar-refractivity contribution in [2.24, 2.45) is 0 Å². The number of hydrogen-bond donors (Lipinski definition) is 0. The summed E-state index contributed by atoms with van der Waals surface area (Å²) in [5.74, 6) is -1.10. The third-order valence-corrected chi connectivity index (χ3v) is 3.94. The Kier molecular flexibility index (Phi) is 17.1. The predicted octanol–water partition coefficient (Wildman–Crippen LogP) is -0.304. The Morgan fingerprint density at radius 2 is 1.46 bits per heavy atom. The quantitative estimate of drug-likeness (QED) is 0.302. The van der Waals surface area contributed by atoms with Crippen LogP contribution >= 0.6 is 0 Å². The third-order valence-electron chi connectivity index (χ3n) is 3.94. The maximum absolute atomic E-state index is 10.0. The molecule has 0 atom stereocenters. The van der Waals surface area contributed by atoms with Crippen molar-refractivity contribution in [3.63, 3.8) is 0 Å². The minimum absolute atomic E-state index is 0.0832. The van der Waals surface area contributed by atoms with Gasteiger partial charge in [0.05, 0.1) is 73.1 Å². The summed E-state index contributed by atoms with van der Waals surface area (Å²) in [6.07, 6.45) is 1.20. The summed E-state index contributed by atoms with van der Waals surface area (Å²) < 4.78 is 26.6. The van der Waals surface area contributed by atoms with Crippen LogP contribution in [0.2, 0.25) is 0 Å². The highest BCUT2D eigenvalue weighted by Gasteiger charge is 2.23. The van der Waals surface area contributed by atoms with Crippen LogP contribution in [-0.4, -0.2) is 104 Å². The van der Waals surface area contributed by atoms with Gasteiger partial charge < -0.3 is 38.1 Å². The lowest BCUT2D eigenvalue weighted by atomic mass is 10.3. The molecule has 0 aromatic rings. The fraction of sp³-hybridized carbons (Fsp3) is 0.944. The lowest BCUT2D eigenvalue weighted by molar-refractivity contribution is -0.916. The molecule has 1 fully saturated rings. The van der Waals surface area contributed by atoms with Crippen LogP contribution in [0.15, 0.2) is 0 Å². The van der Waals surface area contributed by atoms with Gasteiger partial charge in [-0.3, -0.25) is 0 Å². The lowest BCUT2D eigenvalue weighted by Crippen LogP contribution is -2.52. The molecule has 0 radical (unpaired) electrons. The van der Waals surface area contributed by atoms with Crippen molar-refractivity contribution in [2.45, 2.75) is 19.8 Å². The number of carboxylic acid groups (broad SMARTS) is 1. The van der Waals surface area contributed by atoms with E-state index in [0.29, 0.717) is 39.6 Å². The van der Waals surface area contributed by atoms with E-state index in [1.54, 1.807) is 7.11 Å². The molecule has 0 amide bonds. The molecule has 0 aromatic heterocycles. The number of carbonyl (C=O) groups excluding carboxylic acids is 1. The van der Waals surface area contributed by atoms with Crippen LogP contribution in [0.5, 0.6) is 0 Å². The second kappa shape index (κ2) is 17.6. The number of hydrogen-bond acceptors (Lipinski definition) is 7. The fourth-order valence-corrected chi connectivity index (χ4v) is 2.39. The van der Waals surface area contributed by atoms with Gasteiger partial charge in [0.2, 0.25) is 0 Å². The zero-order valence-corrected chi connectivity index (χ0v) is 16.7. The monoisotopic (exact) mass is 379 g/mol. The van der Waals surface area contributed by atoms with Crippen molar-refractivity contribution in [3.8, 4) is 0 Å². The highest BCUT2D eigenvalue weighted by atomic mass is 16.6. The highest BCUT2D eigenvalue weighted by molar-refractivity contribution is 5.64. The molecular formula is C18H37NO7. The van der Waals surface area contributed by atoms with Gasteiger partial charge in [-0.1, -0.05) is 6.92 Å². The Bertz CT molecular complexity index is 317. The number of likely N-dealkylation sites (N-methyl/N-ethyl adjacent to an activating group) is 1. The number of ether oxygens (including phenoxy) is 5. The largest absolute Gasteiger partial charge is 0.550 e. The second-order valence-electron chi connectivity index (χ2n) is 6.35. The zero-order valence-electron chi connectivity index (χ0n) is 16.7. The number of methoxy groups -OCH3 is 1. The van der Waals surface area contributed by atoms with Gasteiger partial charge in [-0.25, -0.2) is 0 Å².